The van der Waals surface area contributed by atoms with E-state index < -0.39 is 67.9 Å². The van der Waals surface area contributed by atoms with Gasteiger partial charge in [0.2, 0.25) is 5.95 Å². The summed E-state index contributed by atoms with van der Waals surface area (Å²) < 4.78 is 83.1. The zero-order chi connectivity index (χ0) is 33.6. The van der Waals surface area contributed by atoms with E-state index in [1.165, 1.54) is 17.4 Å². The molecule has 0 radical (unpaired) electrons. The molecule has 2 aromatic carbocycles. The van der Waals surface area contributed by atoms with Gasteiger partial charge in [0, 0.05) is 30.3 Å². The molecule has 0 bridgehead atoms. The van der Waals surface area contributed by atoms with E-state index in [0.717, 1.165) is 16.8 Å². The zero-order valence-corrected chi connectivity index (χ0v) is 26.5. The molecular formula is C31H28F4N6O4S2. The van der Waals surface area contributed by atoms with Gasteiger partial charge in [0.1, 0.15) is 45.7 Å². The quantitative estimate of drug-likeness (QED) is 0.157. The number of pyridine rings is 1. The highest BCUT2D eigenvalue weighted by Gasteiger charge is 2.44. The van der Waals surface area contributed by atoms with Gasteiger partial charge in [0.15, 0.2) is 9.84 Å². The van der Waals surface area contributed by atoms with Crippen molar-refractivity contribution in [2.24, 2.45) is 5.92 Å². The standard InChI is InChI=1S/C31H28F4N6O4S2/c1-14-25(30-40-26-15(2)36-7-6-24(26)46-30)29(41-31(38-14)37-12-20-21(34)4-3-5-22(20)35)39-23-8-16(27(42)28(23)43)13-47(44,45)19-10-17(32)9-18(33)11-19/h3-7,9-11,16,23,27-28,42-43H,8,12-13H2,1-2H3,(H2,37,38,39,41)/t16-,23-,27-,28+/m1/s1. The van der Waals surface area contributed by atoms with Crippen LogP contribution in [-0.4, -0.2) is 62.6 Å². The van der Waals surface area contributed by atoms with Crippen LogP contribution in [0.5, 0.6) is 0 Å². The molecule has 0 saturated heterocycles. The van der Waals surface area contributed by atoms with Gasteiger partial charge in [-0.25, -0.2) is 35.9 Å². The van der Waals surface area contributed by atoms with Crippen LogP contribution < -0.4 is 10.6 Å². The second-order valence-electron chi connectivity index (χ2n) is 11.3. The number of nitrogens with one attached hydrogen (secondary N) is 2. The SMILES string of the molecule is Cc1nc(NCc2c(F)cccc2F)nc(N[C@@H]2C[C@H](CS(=O)(=O)c3cc(F)cc(F)c3)[C@@H](O)[C@H]2O)c1-c1nc2c(C)nccc2s1. The molecule has 3 heterocycles. The molecule has 0 amide bonds. The molecule has 0 aliphatic heterocycles. The molecule has 3 aromatic heterocycles. The highest BCUT2D eigenvalue weighted by atomic mass is 32.2. The third-order valence-corrected chi connectivity index (χ3v) is 10.9. The number of aryl methyl sites for hydroxylation is 2. The van der Waals surface area contributed by atoms with E-state index >= 15 is 0 Å². The Bertz CT molecular complexity index is 2060. The minimum atomic E-state index is -4.26. The van der Waals surface area contributed by atoms with Crippen molar-refractivity contribution in [3.05, 3.63) is 88.9 Å². The average Bonchev–Trinajstić information content (AvgIpc) is 3.53. The summed E-state index contributed by atoms with van der Waals surface area (Å²) in [6, 6.07) is 6.30. The third-order valence-electron chi connectivity index (χ3n) is 8.03. The maximum atomic E-state index is 14.3. The summed E-state index contributed by atoms with van der Waals surface area (Å²) in [6.45, 7) is 3.21. The fourth-order valence-electron chi connectivity index (χ4n) is 5.66. The molecule has 16 heteroatoms. The molecule has 10 nitrogen and oxygen atoms in total. The van der Waals surface area contributed by atoms with Crippen LogP contribution in [-0.2, 0) is 16.4 Å². The number of benzene rings is 2. The average molecular weight is 689 g/mol. The van der Waals surface area contributed by atoms with Crippen molar-refractivity contribution in [3.8, 4) is 10.6 Å². The Hall–Kier alpha value is -4.25. The smallest absolute Gasteiger partial charge is 0.225 e. The van der Waals surface area contributed by atoms with Crippen molar-refractivity contribution in [1.82, 2.24) is 19.9 Å². The maximum absolute atomic E-state index is 14.3. The summed E-state index contributed by atoms with van der Waals surface area (Å²) in [7, 11) is -4.26. The molecule has 1 aliphatic carbocycles. The molecule has 4 atom stereocenters. The molecule has 0 spiro atoms. The van der Waals surface area contributed by atoms with E-state index in [1.807, 2.05) is 6.92 Å². The second-order valence-corrected chi connectivity index (χ2v) is 14.4. The number of hydrogen-bond acceptors (Lipinski definition) is 11. The van der Waals surface area contributed by atoms with Gasteiger partial charge < -0.3 is 20.8 Å². The molecule has 6 rings (SSSR count). The predicted octanol–water partition coefficient (Wildman–Crippen LogP) is 4.93. The lowest BCUT2D eigenvalue weighted by Gasteiger charge is -2.21. The number of fused-ring (bicyclic) bond motifs is 1. The Kier molecular flexibility index (Phi) is 8.86. The molecule has 1 saturated carbocycles. The highest BCUT2D eigenvalue weighted by molar-refractivity contribution is 7.91. The summed E-state index contributed by atoms with van der Waals surface area (Å²) in [4.78, 5) is 17.5. The maximum Gasteiger partial charge on any atom is 0.225 e. The number of thiazole rings is 1. The summed E-state index contributed by atoms with van der Waals surface area (Å²) in [5.41, 5.74) is 1.99. The minimum Gasteiger partial charge on any atom is -0.390 e. The van der Waals surface area contributed by atoms with Crippen LogP contribution in [0.3, 0.4) is 0 Å². The lowest BCUT2D eigenvalue weighted by Crippen LogP contribution is -2.36. The van der Waals surface area contributed by atoms with Crippen molar-refractivity contribution in [2.75, 3.05) is 16.4 Å². The van der Waals surface area contributed by atoms with Gasteiger partial charge in [-0.1, -0.05) is 6.07 Å². The third kappa shape index (κ3) is 6.63. The van der Waals surface area contributed by atoms with Crippen LogP contribution in [0.4, 0.5) is 29.3 Å². The molecule has 4 N–H and O–H groups in total. The van der Waals surface area contributed by atoms with Gasteiger partial charge in [0.05, 0.1) is 44.4 Å². The Morgan fingerprint density at radius 2 is 1.64 bits per heavy atom. The van der Waals surface area contributed by atoms with Gasteiger partial charge >= 0.3 is 0 Å². The van der Waals surface area contributed by atoms with Crippen LogP contribution in [0, 0.1) is 43.0 Å². The number of aliphatic hydroxyl groups excluding tert-OH is 2. The first-order valence-corrected chi connectivity index (χ1v) is 16.9. The van der Waals surface area contributed by atoms with Gasteiger partial charge in [-0.3, -0.25) is 4.98 Å². The first-order chi connectivity index (χ1) is 22.3. The van der Waals surface area contributed by atoms with Crippen molar-refractivity contribution < 1.29 is 36.2 Å². The number of sulfone groups is 1. The Morgan fingerprint density at radius 3 is 2.32 bits per heavy atom. The normalized spacial score (nSPS) is 19.7. The fourth-order valence-corrected chi connectivity index (χ4v) is 8.45. The number of rotatable bonds is 9. The first-order valence-electron chi connectivity index (χ1n) is 14.4. The molecule has 1 aliphatic rings. The van der Waals surface area contributed by atoms with Crippen molar-refractivity contribution >= 4 is 43.2 Å². The Balaban J connectivity index is 1.33. The van der Waals surface area contributed by atoms with E-state index in [4.69, 9.17) is 4.98 Å². The molecule has 246 valence electrons. The molecule has 0 unspecified atom stereocenters. The topological polar surface area (TPSA) is 150 Å². The van der Waals surface area contributed by atoms with E-state index in [9.17, 15) is 36.2 Å². The number of hydrogen-bond donors (Lipinski definition) is 4. The highest BCUT2D eigenvalue weighted by Crippen LogP contribution is 2.39. The summed E-state index contributed by atoms with van der Waals surface area (Å²) in [5, 5.41) is 28.3. The van der Waals surface area contributed by atoms with Crippen LogP contribution in [0.2, 0.25) is 0 Å². The van der Waals surface area contributed by atoms with E-state index in [2.05, 4.69) is 25.6 Å². The van der Waals surface area contributed by atoms with Crippen LogP contribution in [0.15, 0.2) is 53.6 Å². The lowest BCUT2D eigenvalue weighted by molar-refractivity contribution is 0.0216. The van der Waals surface area contributed by atoms with Crippen LogP contribution in [0.1, 0.15) is 23.4 Å². The van der Waals surface area contributed by atoms with Gasteiger partial charge in [-0.15, -0.1) is 11.3 Å². The summed E-state index contributed by atoms with van der Waals surface area (Å²) in [6.07, 6.45) is -1.38. The number of aliphatic hydroxyl groups is 2. The van der Waals surface area contributed by atoms with Gasteiger partial charge in [0.25, 0.3) is 0 Å². The Morgan fingerprint density at radius 1 is 0.936 bits per heavy atom. The van der Waals surface area contributed by atoms with E-state index in [0.29, 0.717) is 45.7 Å². The van der Waals surface area contributed by atoms with Crippen LogP contribution >= 0.6 is 11.3 Å². The largest absolute Gasteiger partial charge is 0.390 e. The number of halogens is 4. The van der Waals surface area contributed by atoms with Crippen molar-refractivity contribution in [3.63, 3.8) is 0 Å². The van der Waals surface area contributed by atoms with E-state index in [-0.39, 0.29) is 30.3 Å². The van der Waals surface area contributed by atoms with Crippen molar-refractivity contribution in [2.45, 2.75) is 50.0 Å². The summed E-state index contributed by atoms with van der Waals surface area (Å²) >= 11 is 1.34. The van der Waals surface area contributed by atoms with Crippen LogP contribution in [0.25, 0.3) is 20.8 Å². The Labute approximate surface area is 270 Å². The fraction of sp³-hybridized carbons (Fsp3) is 0.290. The molecule has 47 heavy (non-hydrogen) atoms. The number of aromatic nitrogens is 4. The second kappa shape index (κ2) is 12.7. The zero-order valence-electron chi connectivity index (χ0n) is 24.9. The van der Waals surface area contributed by atoms with Crippen molar-refractivity contribution in [1.29, 1.82) is 0 Å². The molecular weight excluding hydrogens is 661 g/mol. The number of nitrogens with zero attached hydrogens (tertiary/aromatic N) is 4. The molecule has 5 aromatic rings. The predicted molar refractivity (Wildman–Crippen MR) is 168 cm³/mol. The minimum absolute atomic E-state index is 0.00402. The van der Waals surface area contributed by atoms with Gasteiger partial charge in [-0.05, 0) is 50.6 Å². The number of anilines is 2. The lowest BCUT2D eigenvalue weighted by atomic mass is 10.1. The van der Waals surface area contributed by atoms with E-state index in [1.54, 1.807) is 19.2 Å². The monoisotopic (exact) mass is 688 g/mol. The van der Waals surface area contributed by atoms with Gasteiger partial charge in [-0.2, -0.15) is 4.98 Å². The summed E-state index contributed by atoms with van der Waals surface area (Å²) in [5.74, 6) is -5.19. The molecule has 1 fully saturated rings. The first kappa shape index (κ1) is 32.7.